The van der Waals surface area contributed by atoms with E-state index in [1.54, 1.807) is 24.3 Å². The third-order valence-electron chi connectivity index (χ3n) is 3.52. The summed E-state index contributed by atoms with van der Waals surface area (Å²) in [4.78, 5) is 10.9. The van der Waals surface area contributed by atoms with Gasteiger partial charge in [0.25, 0.3) is 0 Å². The normalized spacial score (nSPS) is 10.7. The Morgan fingerprint density at radius 1 is 1.26 bits per heavy atom. The lowest BCUT2D eigenvalue weighted by atomic mass is 10.0. The van der Waals surface area contributed by atoms with E-state index in [9.17, 15) is 10.1 Å². The van der Waals surface area contributed by atoms with Crippen molar-refractivity contribution in [3.8, 4) is 11.1 Å². The molecule has 0 spiro atoms. The summed E-state index contributed by atoms with van der Waals surface area (Å²) in [6.45, 7) is 1.87. The fourth-order valence-electron chi connectivity index (χ4n) is 2.57. The van der Waals surface area contributed by atoms with Gasteiger partial charge in [0.15, 0.2) is 5.11 Å². The molecular weight excluding hydrogens is 314 g/mol. The van der Waals surface area contributed by atoms with Gasteiger partial charge in [-0.2, -0.15) is 0 Å². The zero-order chi connectivity index (χ0) is 16.6. The van der Waals surface area contributed by atoms with E-state index in [1.165, 1.54) is 0 Å². The maximum atomic E-state index is 11.4. The Kier molecular flexibility index (Phi) is 3.71. The van der Waals surface area contributed by atoms with Crippen molar-refractivity contribution in [2.45, 2.75) is 6.92 Å². The van der Waals surface area contributed by atoms with Crippen LogP contribution in [0.3, 0.4) is 0 Å². The summed E-state index contributed by atoms with van der Waals surface area (Å²) in [6.07, 6.45) is 0. The van der Waals surface area contributed by atoms with Gasteiger partial charge in [-0.25, -0.2) is 0 Å². The van der Waals surface area contributed by atoms with Crippen LogP contribution in [0.4, 0.5) is 11.6 Å². The Labute approximate surface area is 137 Å². The van der Waals surface area contributed by atoms with Crippen molar-refractivity contribution in [1.82, 2.24) is 0 Å². The number of furan rings is 1. The van der Waals surface area contributed by atoms with Crippen LogP contribution in [0.5, 0.6) is 0 Å². The van der Waals surface area contributed by atoms with Gasteiger partial charge in [0, 0.05) is 0 Å². The fraction of sp³-hybridized carbons (Fsp3) is 0.0625. The number of nitrogens with two attached hydrogens (primary N) is 1. The maximum absolute atomic E-state index is 11.4. The number of aryl methyl sites for hydroxylation is 1. The lowest BCUT2D eigenvalue weighted by Gasteiger charge is -2.10. The first-order valence-electron chi connectivity index (χ1n) is 6.81. The Balaban J connectivity index is 2.43. The zero-order valence-electron chi connectivity index (χ0n) is 12.2. The average Bonchev–Trinajstić information content (AvgIpc) is 2.91. The van der Waals surface area contributed by atoms with Crippen molar-refractivity contribution in [2.75, 3.05) is 5.32 Å². The topological polar surface area (TPSA) is 94.3 Å². The maximum Gasteiger partial charge on any atom is 0.442 e. The van der Waals surface area contributed by atoms with Crippen molar-refractivity contribution in [2.24, 2.45) is 5.73 Å². The van der Waals surface area contributed by atoms with Crippen LogP contribution in [0.15, 0.2) is 46.9 Å². The second kappa shape index (κ2) is 5.69. The molecule has 0 atom stereocenters. The molecule has 0 unspecified atom stereocenters. The SMILES string of the molecule is Cc1ccc2oc([N+](=O)[O-])c(-c3ccccc3)c2c1NC(N)=S. The van der Waals surface area contributed by atoms with Crippen LogP contribution in [0.2, 0.25) is 0 Å². The molecule has 0 bridgehead atoms. The van der Waals surface area contributed by atoms with E-state index < -0.39 is 4.92 Å². The molecule has 0 aliphatic rings. The number of nitro groups is 1. The van der Waals surface area contributed by atoms with E-state index in [-0.39, 0.29) is 11.0 Å². The molecular formula is C16H13N3O3S. The Hall–Kier alpha value is -2.93. The van der Waals surface area contributed by atoms with Gasteiger partial charge in [0.1, 0.15) is 16.1 Å². The number of thiocarbonyl (C=S) groups is 1. The molecule has 1 aromatic heterocycles. The van der Waals surface area contributed by atoms with Crippen molar-refractivity contribution in [3.63, 3.8) is 0 Å². The molecule has 3 aromatic rings. The number of benzene rings is 2. The summed E-state index contributed by atoms with van der Waals surface area (Å²) in [7, 11) is 0. The summed E-state index contributed by atoms with van der Waals surface area (Å²) in [5.41, 5.74) is 8.57. The van der Waals surface area contributed by atoms with E-state index >= 15 is 0 Å². The van der Waals surface area contributed by atoms with Crippen molar-refractivity contribution in [1.29, 1.82) is 0 Å². The first-order valence-corrected chi connectivity index (χ1v) is 7.22. The number of anilines is 1. The Morgan fingerprint density at radius 3 is 2.57 bits per heavy atom. The Morgan fingerprint density at radius 2 is 1.96 bits per heavy atom. The molecule has 0 aliphatic carbocycles. The average molecular weight is 327 g/mol. The highest BCUT2D eigenvalue weighted by molar-refractivity contribution is 7.80. The smallest absolute Gasteiger partial charge is 0.400 e. The molecule has 3 rings (SSSR count). The lowest BCUT2D eigenvalue weighted by molar-refractivity contribution is -0.400. The predicted octanol–water partition coefficient (Wildman–Crippen LogP) is 3.97. The van der Waals surface area contributed by atoms with Crippen LogP contribution in [0.1, 0.15) is 5.56 Å². The highest BCUT2D eigenvalue weighted by Gasteiger charge is 2.27. The van der Waals surface area contributed by atoms with Crippen LogP contribution in [0, 0.1) is 17.0 Å². The summed E-state index contributed by atoms with van der Waals surface area (Å²) < 4.78 is 5.47. The van der Waals surface area contributed by atoms with Crippen LogP contribution in [-0.2, 0) is 0 Å². The van der Waals surface area contributed by atoms with Gasteiger partial charge in [-0.3, -0.25) is 10.1 Å². The second-order valence-electron chi connectivity index (χ2n) is 5.03. The largest absolute Gasteiger partial charge is 0.442 e. The van der Waals surface area contributed by atoms with Gasteiger partial charge in [0.05, 0.1) is 11.1 Å². The minimum Gasteiger partial charge on any atom is -0.400 e. The van der Waals surface area contributed by atoms with Crippen molar-refractivity contribution < 1.29 is 9.34 Å². The Bertz CT molecular complexity index is 919. The minimum absolute atomic E-state index is 0.0865. The first kappa shape index (κ1) is 15.0. The van der Waals surface area contributed by atoms with E-state index in [4.69, 9.17) is 22.4 Å². The molecule has 0 saturated heterocycles. The number of hydrogen-bond acceptors (Lipinski definition) is 4. The molecule has 7 heteroatoms. The van der Waals surface area contributed by atoms with Gasteiger partial charge >= 0.3 is 5.88 Å². The molecule has 3 N–H and O–H groups in total. The summed E-state index contributed by atoms with van der Waals surface area (Å²) in [5.74, 6) is -0.303. The summed E-state index contributed by atoms with van der Waals surface area (Å²) in [5, 5.41) is 15.0. The van der Waals surface area contributed by atoms with Gasteiger partial charge in [-0.05, 0) is 36.3 Å². The van der Waals surface area contributed by atoms with Gasteiger partial charge in [-0.1, -0.05) is 36.4 Å². The molecule has 116 valence electrons. The van der Waals surface area contributed by atoms with Crippen LogP contribution < -0.4 is 11.1 Å². The summed E-state index contributed by atoms with van der Waals surface area (Å²) in [6, 6.07) is 12.6. The minimum atomic E-state index is -0.526. The van der Waals surface area contributed by atoms with Gasteiger partial charge < -0.3 is 15.5 Å². The third kappa shape index (κ3) is 2.62. The highest BCUT2D eigenvalue weighted by atomic mass is 32.1. The van der Waals surface area contributed by atoms with E-state index in [0.717, 1.165) is 5.56 Å². The molecule has 23 heavy (non-hydrogen) atoms. The van der Waals surface area contributed by atoms with Crippen LogP contribution in [-0.4, -0.2) is 10.0 Å². The first-order chi connectivity index (χ1) is 11.0. The molecule has 0 fully saturated rings. The monoisotopic (exact) mass is 327 g/mol. The van der Waals surface area contributed by atoms with Gasteiger partial charge in [0.2, 0.25) is 0 Å². The number of hydrogen-bond donors (Lipinski definition) is 2. The number of nitrogens with one attached hydrogen (secondary N) is 1. The molecule has 0 radical (unpaired) electrons. The molecule has 6 nitrogen and oxygen atoms in total. The lowest BCUT2D eigenvalue weighted by Crippen LogP contribution is -2.19. The zero-order valence-corrected chi connectivity index (χ0v) is 13.0. The molecule has 0 amide bonds. The predicted molar refractivity (Wildman–Crippen MR) is 93.4 cm³/mol. The fourth-order valence-corrected chi connectivity index (χ4v) is 2.67. The van der Waals surface area contributed by atoms with E-state index in [1.807, 2.05) is 25.1 Å². The quantitative estimate of drug-likeness (QED) is 0.429. The van der Waals surface area contributed by atoms with Crippen LogP contribution >= 0.6 is 12.2 Å². The van der Waals surface area contributed by atoms with E-state index in [0.29, 0.717) is 27.8 Å². The number of nitrogens with zero attached hydrogens (tertiary/aromatic N) is 1. The molecule has 0 saturated carbocycles. The van der Waals surface area contributed by atoms with Gasteiger partial charge in [-0.15, -0.1) is 0 Å². The number of fused-ring (bicyclic) bond motifs is 1. The number of rotatable bonds is 3. The van der Waals surface area contributed by atoms with Crippen LogP contribution in [0.25, 0.3) is 22.1 Å². The van der Waals surface area contributed by atoms with Crippen molar-refractivity contribution >= 4 is 39.9 Å². The third-order valence-corrected chi connectivity index (χ3v) is 3.62. The second-order valence-corrected chi connectivity index (χ2v) is 5.47. The summed E-state index contributed by atoms with van der Waals surface area (Å²) >= 11 is 4.92. The molecule has 2 aromatic carbocycles. The standard InChI is InChI=1S/C16H13N3O3S/c1-9-7-8-11-13(14(9)18-16(17)23)12(15(22-11)19(20)21)10-5-3-2-4-6-10/h2-8H,1H3,(H3,17,18,23). The van der Waals surface area contributed by atoms with E-state index in [2.05, 4.69) is 5.32 Å². The highest BCUT2D eigenvalue weighted by Crippen LogP contribution is 2.44. The molecule has 0 aliphatic heterocycles. The molecule has 1 heterocycles. The van der Waals surface area contributed by atoms with Crippen molar-refractivity contribution in [3.05, 3.63) is 58.1 Å².